The van der Waals surface area contributed by atoms with Gasteiger partial charge in [-0.2, -0.15) is 11.8 Å². The predicted molar refractivity (Wildman–Crippen MR) is 67.1 cm³/mol. The molecule has 0 aromatic carbocycles. The number of nitrogens with one attached hydrogen (secondary N) is 1. The highest BCUT2D eigenvalue weighted by Gasteiger charge is 2.16. The molecular formula is C11H13ClN2OS. The van der Waals surface area contributed by atoms with Gasteiger partial charge in [0.25, 0.3) is 5.91 Å². The Morgan fingerprint density at radius 3 is 3.12 bits per heavy atom. The van der Waals surface area contributed by atoms with Gasteiger partial charge in [-0.3, -0.25) is 4.79 Å². The summed E-state index contributed by atoms with van der Waals surface area (Å²) < 4.78 is 0. The maximum atomic E-state index is 11.7. The van der Waals surface area contributed by atoms with Gasteiger partial charge >= 0.3 is 0 Å². The quantitative estimate of drug-likeness (QED) is 0.903. The van der Waals surface area contributed by atoms with Gasteiger partial charge in [0.2, 0.25) is 0 Å². The molecule has 1 aliphatic rings. The number of halogens is 1. The van der Waals surface area contributed by atoms with Crippen molar-refractivity contribution < 1.29 is 4.79 Å². The molecule has 0 radical (unpaired) electrons. The molecule has 86 valence electrons. The molecule has 3 nitrogen and oxygen atoms in total. The third kappa shape index (κ3) is 3.12. The van der Waals surface area contributed by atoms with Crippen molar-refractivity contribution in [3.05, 3.63) is 29.0 Å². The van der Waals surface area contributed by atoms with Gasteiger partial charge in [0, 0.05) is 18.0 Å². The number of nitrogens with zero attached hydrogens (tertiary/aromatic N) is 1. The first kappa shape index (κ1) is 11.7. The molecule has 1 aromatic rings. The highest BCUT2D eigenvalue weighted by molar-refractivity contribution is 8.00. The molecule has 1 aromatic heterocycles. The summed E-state index contributed by atoms with van der Waals surface area (Å²) in [6.45, 7) is 0.730. The Labute approximate surface area is 104 Å². The van der Waals surface area contributed by atoms with Crippen LogP contribution < -0.4 is 5.32 Å². The highest BCUT2D eigenvalue weighted by Crippen LogP contribution is 2.25. The minimum atomic E-state index is -0.121. The summed E-state index contributed by atoms with van der Waals surface area (Å²) in [6, 6.07) is 3.31. The van der Waals surface area contributed by atoms with Crippen LogP contribution in [-0.2, 0) is 0 Å². The fourth-order valence-corrected chi connectivity index (χ4v) is 2.93. The normalized spacial score (nSPS) is 19.7. The molecule has 16 heavy (non-hydrogen) atoms. The van der Waals surface area contributed by atoms with Crippen molar-refractivity contribution in [1.29, 1.82) is 0 Å². The standard InChI is InChI=1S/C11H13ClN2OS/c12-8-3-4-10(13-6-8)11(15)14-7-9-2-1-5-16-9/h3-4,6,9H,1-2,5,7H2,(H,14,15). The van der Waals surface area contributed by atoms with E-state index in [4.69, 9.17) is 11.6 Å². The molecule has 2 rings (SSSR count). The highest BCUT2D eigenvalue weighted by atomic mass is 35.5. The number of thioether (sulfide) groups is 1. The summed E-state index contributed by atoms with van der Waals surface area (Å²) in [5, 5.41) is 4.01. The van der Waals surface area contributed by atoms with E-state index < -0.39 is 0 Å². The van der Waals surface area contributed by atoms with Crippen LogP contribution in [0.25, 0.3) is 0 Å². The lowest BCUT2D eigenvalue weighted by molar-refractivity contribution is 0.0949. The number of amides is 1. The largest absolute Gasteiger partial charge is 0.350 e. The van der Waals surface area contributed by atoms with Crippen LogP contribution in [0.1, 0.15) is 23.3 Å². The summed E-state index contributed by atoms with van der Waals surface area (Å²) in [6.07, 6.45) is 3.93. The Kier molecular flexibility index (Phi) is 4.07. The van der Waals surface area contributed by atoms with Gasteiger partial charge < -0.3 is 5.32 Å². The number of carbonyl (C=O) groups is 1. The fraction of sp³-hybridized carbons (Fsp3) is 0.455. The van der Waals surface area contributed by atoms with Crippen molar-refractivity contribution in [2.75, 3.05) is 12.3 Å². The molecule has 0 aliphatic carbocycles. The van der Waals surface area contributed by atoms with Crippen LogP contribution >= 0.6 is 23.4 Å². The van der Waals surface area contributed by atoms with E-state index in [2.05, 4.69) is 10.3 Å². The monoisotopic (exact) mass is 256 g/mol. The van der Waals surface area contributed by atoms with E-state index in [1.165, 1.54) is 24.8 Å². The summed E-state index contributed by atoms with van der Waals surface area (Å²) in [7, 11) is 0. The van der Waals surface area contributed by atoms with Crippen LogP contribution in [-0.4, -0.2) is 28.4 Å². The van der Waals surface area contributed by atoms with Crippen LogP contribution in [0.3, 0.4) is 0 Å². The van der Waals surface area contributed by atoms with E-state index in [0.717, 1.165) is 6.54 Å². The van der Waals surface area contributed by atoms with Crippen molar-refractivity contribution >= 4 is 29.3 Å². The van der Waals surface area contributed by atoms with Gasteiger partial charge in [0.05, 0.1) is 5.02 Å². The van der Waals surface area contributed by atoms with Crippen LogP contribution in [0.5, 0.6) is 0 Å². The third-order valence-electron chi connectivity index (χ3n) is 2.47. The van der Waals surface area contributed by atoms with E-state index in [0.29, 0.717) is 16.0 Å². The zero-order valence-corrected chi connectivity index (χ0v) is 10.4. The van der Waals surface area contributed by atoms with E-state index in [1.807, 2.05) is 11.8 Å². The zero-order chi connectivity index (χ0) is 11.4. The Morgan fingerprint density at radius 2 is 2.50 bits per heavy atom. The van der Waals surface area contributed by atoms with Crippen molar-refractivity contribution in [3.63, 3.8) is 0 Å². The van der Waals surface area contributed by atoms with Crippen molar-refractivity contribution in [2.45, 2.75) is 18.1 Å². The minimum Gasteiger partial charge on any atom is -0.350 e. The molecule has 1 aliphatic heterocycles. The Hall–Kier alpha value is -0.740. The number of aromatic nitrogens is 1. The van der Waals surface area contributed by atoms with Gasteiger partial charge in [0.1, 0.15) is 5.69 Å². The molecule has 0 spiro atoms. The molecule has 2 heterocycles. The summed E-state index contributed by atoms with van der Waals surface area (Å²) >= 11 is 7.63. The maximum absolute atomic E-state index is 11.7. The first-order valence-electron chi connectivity index (χ1n) is 5.27. The first-order valence-corrected chi connectivity index (χ1v) is 6.70. The zero-order valence-electron chi connectivity index (χ0n) is 8.78. The van der Waals surface area contributed by atoms with Crippen molar-refractivity contribution in [3.8, 4) is 0 Å². The van der Waals surface area contributed by atoms with Gasteiger partial charge in [-0.15, -0.1) is 0 Å². The molecule has 1 atom stereocenters. The fourth-order valence-electron chi connectivity index (χ4n) is 1.61. The maximum Gasteiger partial charge on any atom is 0.269 e. The molecule has 0 bridgehead atoms. The van der Waals surface area contributed by atoms with E-state index in [1.54, 1.807) is 12.1 Å². The minimum absolute atomic E-state index is 0.121. The topological polar surface area (TPSA) is 42.0 Å². The van der Waals surface area contributed by atoms with Gasteiger partial charge in [-0.1, -0.05) is 11.6 Å². The van der Waals surface area contributed by atoms with Gasteiger partial charge in [-0.05, 0) is 30.7 Å². The van der Waals surface area contributed by atoms with Crippen LogP contribution in [0, 0.1) is 0 Å². The van der Waals surface area contributed by atoms with E-state index >= 15 is 0 Å². The van der Waals surface area contributed by atoms with Crippen LogP contribution in [0.4, 0.5) is 0 Å². The molecule has 5 heteroatoms. The lowest BCUT2D eigenvalue weighted by atomic mass is 10.2. The summed E-state index contributed by atoms with van der Waals surface area (Å²) in [5.41, 5.74) is 0.424. The Balaban J connectivity index is 1.85. The molecular weight excluding hydrogens is 244 g/mol. The number of carbonyl (C=O) groups excluding carboxylic acids is 1. The number of rotatable bonds is 3. The molecule has 1 fully saturated rings. The Morgan fingerprint density at radius 1 is 1.62 bits per heavy atom. The van der Waals surface area contributed by atoms with Crippen molar-refractivity contribution in [1.82, 2.24) is 10.3 Å². The third-order valence-corrected chi connectivity index (χ3v) is 4.10. The molecule has 1 amide bonds. The Bertz CT molecular complexity index is 363. The summed E-state index contributed by atoms with van der Waals surface area (Å²) in [5.74, 6) is 1.09. The average Bonchev–Trinajstić information content (AvgIpc) is 2.80. The number of pyridine rings is 1. The van der Waals surface area contributed by atoms with Gasteiger partial charge in [-0.25, -0.2) is 4.98 Å². The van der Waals surface area contributed by atoms with Crippen molar-refractivity contribution in [2.24, 2.45) is 0 Å². The SMILES string of the molecule is O=C(NCC1CCCS1)c1ccc(Cl)cn1. The first-order chi connectivity index (χ1) is 7.75. The van der Waals surface area contributed by atoms with Crippen LogP contribution in [0.15, 0.2) is 18.3 Å². The number of hydrogen-bond donors (Lipinski definition) is 1. The summed E-state index contributed by atoms with van der Waals surface area (Å²) in [4.78, 5) is 15.7. The van der Waals surface area contributed by atoms with E-state index in [9.17, 15) is 4.79 Å². The smallest absolute Gasteiger partial charge is 0.269 e. The second-order valence-corrected chi connectivity index (χ2v) is 5.55. The molecule has 1 N–H and O–H groups in total. The van der Waals surface area contributed by atoms with Crippen LogP contribution in [0.2, 0.25) is 5.02 Å². The second-order valence-electron chi connectivity index (χ2n) is 3.71. The molecule has 0 saturated carbocycles. The van der Waals surface area contributed by atoms with Gasteiger partial charge in [0.15, 0.2) is 0 Å². The average molecular weight is 257 g/mol. The lowest BCUT2D eigenvalue weighted by Gasteiger charge is -2.09. The number of hydrogen-bond acceptors (Lipinski definition) is 3. The second kappa shape index (κ2) is 5.55. The lowest BCUT2D eigenvalue weighted by Crippen LogP contribution is -2.30. The predicted octanol–water partition coefficient (Wildman–Crippen LogP) is 2.36. The molecule has 1 unspecified atom stereocenters. The van der Waals surface area contributed by atoms with E-state index in [-0.39, 0.29) is 5.91 Å². The molecule has 1 saturated heterocycles.